The van der Waals surface area contributed by atoms with Crippen molar-refractivity contribution in [1.82, 2.24) is 0 Å². The Balaban J connectivity index is 2.88. The fourth-order valence-corrected chi connectivity index (χ4v) is 1.84. The predicted octanol–water partition coefficient (Wildman–Crippen LogP) is 2.69. The zero-order valence-electron chi connectivity index (χ0n) is 9.00. The summed E-state index contributed by atoms with van der Waals surface area (Å²) in [5, 5.41) is 9.02. The van der Waals surface area contributed by atoms with Gasteiger partial charge in [-0.3, -0.25) is 4.39 Å². The summed E-state index contributed by atoms with van der Waals surface area (Å²) in [7, 11) is 1.52. The van der Waals surface area contributed by atoms with E-state index in [0.29, 0.717) is 29.0 Å². The molecule has 1 rings (SSSR count). The molecule has 0 aliphatic carbocycles. The molecule has 1 N–H and O–H groups in total. The summed E-state index contributed by atoms with van der Waals surface area (Å²) >= 11 is 3.32. The minimum absolute atomic E-state index is 0.0697. The monoisotopic (exact) mass is 292 g/mol. The average molecular weight is 293 g/mol. The lowest BCUT2D eigenvalue weighted by molar-refractivity contribution is 0.267. The fourth-order valence-electron chi connectivity index (χ4n) is 1.23. The summed E-state index contributed by atoms with van der Waals surface area (Å²) in [5.41, 5.74) is 0.724. The predicted molar refractivity (Wildman–Crippen MR) is 62.7 cm³/mol. The molecule has 0 heterocycles. The van der Waals surface area contributed by atoms with Gasteiger partial charge in [0.2, 0.25) is 0 Å². The number of methoxy groups -OCH3 is 1. The molecule has 0 amide bonds. The van der Waals surface area contributed by atoms with Crippen LogP contribution in [-0.4, -0.2) is 25.5 Å². The number of hydrogen-bond acceptors (Lipinski definition) is 3. The van der Waals surface area contributed by atoms with Gasteiger partial charge in [0.1, 0.15) is 0 Å². The van der Waals surface area contributed by atoms with Crippen LogP contribution in [0.15, 0.2) is 16.6 Å². The van der Waals surface area contributed by atoms with Crippen LogP contribution in [0.2, 0.25) is 0 Å². The van der Waals surface area contributed by atoms with E-state index in [-0.39, 0.29) is 6.61 Å². The third-order valence-electron chi connectivity index (χ3n) is 2.00. The maximum Gasteiger partial charge on any atom is 0.175 e. The van der Waals surface area contributed by atoms with Crippen LogP contribution in [0, 0.1) is 0 Å². The molecule has 5 heteroatoms. The number of benzene rings is 1. The zero-order chi connectivity index (χ0) is 12.0. The lowest BCUT2D eigenvalue weighted by atomic mass is 10.2. The highest BCUT2D eigenvalue weighted by molar-refractivity contribution is 9.10. The van der Waals surface area contributed by atoms with Crippen LogP contribution >= 0.6 is 15.9 Å². The van der Waals surface area contributed by atoms with E-state index in [2.05, 4.69) is 15.9 Å². The molecule has 0 aliphatic heterocycles. The van der Waals surface area contributed by atoms with Gasteiger partial charge in [0, 0.05) is 6.42 Å². The SMILES string of the molecule is COc1cc(CO)cc(Br)c1OCCCF. The molecule has 90 valence electrons. The number of aliphatic hydroxyl groups excluding tert-OH is 1. The van der Waals surface area contributed by atoms with Crippen LogP contribution in [0.25, 0.3) is 0 Å². The number of rotatable bonds is 6. The van der Waals surface area contributed by atoms with Gasteiger partial charge in [0.15, 0.2) is 11.5 Å². The highest BCUT2D eigenvalue weighted by Gasteiger charge is 2.11. The van der Waals surface area contributed by atoms with Gasteiger partial charge in [-0.25, -0.2) is 0 Å². The number of alkyl halides is 1. The van der Waals surface area contributed by atoms with Crippen LogP contribution in [0.3, 0.4) is 0 Å². The van der Waals surface area contributed by atoms with Crippen molar-refractivity contribution in [2.75, 3.05) is 20.4 Å². The Morgan fingerprint density at radius 1 is 1.44 bits per heavy atom. The van der Waals surface area contributed by atoms with Crippen LogP contribution < -0.4 is 9.47 Å². The Hall–Kier alpha value is -0.810. The number of aliphatic hydroxyl groups is 1. The minimum atomic E-state index is -0.408. The van der Waals surface area contributed by atoms with Gasteiger partial charge in [-0.15, -0.1) is 0 Å². The van der Waals surface area contributed by atoms with Crippen molar-refractivity contribution in [2.24, 2.45) is 0 Å². The zero-order valence-corrected chi connectivity index (χ0v) is 10.6. The van der Waals surface area contributed by atoms with Crippen LogP contribution in [0.4, 0.5) is 4.39 Å². The third kappa shape index (κ3) is 3.35. The molecule has 0 saturated heterocycles. The standard InChI is InChI=1S/C11H14BrFO3/c1-15-10-6-8(7-14)5-9(12)11(10)16-4-2-3-13/h5-6,14H,2-4,7H2,1H3. The van der Waals surface area contributed by atoms with Gasteiger partial charge in [0.05, 0.1) is 31.5 Å². The van der Waals surface area contributed by atoms with Crippen molar-refractivity contribution in [3.8, 4) is 11.5 Å². The van der Waals surface area contributed by atoms with E-state index in [1.54, 1.807) is 12.1 Å². The van der Waals surface area contributed by atoms with E-state index in [0.717, 1.165) is 5.56 Å². The molecule has 0 aromatic heterocycles. The highest BCUT2D eigenvalue weighted by Crippen LogP contribution is 2.36. The van der Waals surface area contributed by atoms with Crippen LogP contribution in [-0.2, 0) is 6.61 Å². The summed E-state index contributed by atoms with van der Waals surface area (Å²) in [6, 6.07) is 3.43. The molecule has 0 atom stereocenters. The van der Waals surface area contributed by atoms with Gasteiger partial charge >= 0.3 is 0 Å². The number of halogens is 2. The second-order valence-electron chi connectivity index (χ2n) is 3.16. The molecule has 0 bridgehead atoms. The van der Waals surface area contributed by atoms with E-state index in [1.807, 2.05) is 0 Å². The van der Waals surface area contributed by atoms with E-state index in [9.17, 15) is 4.39 Å². The largest absolute Gasteiger partial charge is 0.493 e. The lowest BCUT2D eigenvalue weighted by Crippen LogP contribution is -2.01. The molecule has 1 aromatic rings. The second-order valence-corrected chi connectivity index (χ2v) is 4.01. The first-order valence-electron chi connectivity index (χ1n) is 4.89. The first kappa shape index (κ1) is 13.3. The molecular weight excluding hydrogens is 279 g/mol. The van der Waals surface area contributed by atoms with Crippen molar-refractivity contribution >= 4 is 15.9 Å². The second kappa shape index (κ2) is 6.70. The lowest BCUT2D eigenvalue weighted by Gasteiger charge is -2.13. The maximum atomic E-state index is 11.9. The molecule has 0 aliphatic rings. The first-order valence-corrected chi connectivity index (χ1v) is 5.68. The molecule has 0 spiro atoms. The van der Waals surface area contributed by atoms with Crippen molar-refractivity contribution < 1.29 is 19.0 Å². The average Bonchev–Trinajstić information content (AvgIpc) is 2.30. The van der Waals surface area contributed by atoms with Crippen molar-refractivity contribution in [1.29, 1.82) is 0 Å². The Morgan fingerprint density at radius 2 is 2.19 bits per heavy atom. The molecule has 3 nitrogen and oxygen atoms in total. The van der Waals surface area contributed by atoms with Crippen molar-refractivity contribution in [3.63, 3.8) is 0 Å². The van der Waals surface area contributed by atoms with Crippen molar-refractivity contribution in [2.45, 2.75) is 13.0 Å². The summed E-state index contributed by atoms with van der Waals surface area (Å²) < 4.78 is 23.2. The third-order valence-corrected chi connectivity index (χ3v) is 2.59. The number of hydrogen-bond donors (Lipinski definition) is 1. The van der Waals surface area contributed by atoms with Gasteiger partial charge < -0.3 is 14.6 Å². The van der Waals surface area contributed by atoms with E-state index < -0.39 is 6.67 Å². The molecule has 0 saturated carbocycles. The maximum absolute atomic E-state index is 11.9. The summed E-state index contributed by atoms with van der Waals surface area (Å²) in [5.74, 6) is 1.06. The van der Waals surface area contributed by atoms with Gasteiger partial charge in [-0.05, 0) is 33.6 Å². The molecule has 0 radical (unpaired) electrons. The molecule has 16 heavy (non-hydrogen) atoms. The molecule has 0 unspecified atom stereocenters. The molecule has 0 fully saturated rings. The smallest absolute Gasteiger partial charge is 0.175 e. The van der Waals surface area contributed by atoms with Gasteiger partial charge in [-0.2, -0.15) is 0 Å². The summed E-state index contributed by atoms with van der Waals surface area (Å²) in [6.07, 6.45) is 0.345. The summed E-state index contributed by atoms with van der Waals surface area (Å²) in [4.78, 5) is 0. The topological polar surface area (TPSA) is 38.7 Å². The van der Waals surface area contributed by atoms with E-state index >= 15 is 0 Å². The van der Waals surface area contributed by atoms with E-state index in [1.165, 1.54) is 7.11 Å². The Labute approximate surface area is 102 Å². The molecule has 1 aromatic carbocycles. The Morgan fingerprint density at radius 3 is 2.75 bits per heavy atom. The minimum Gasteiger partial charge on any atom is -0.493 e. The molecular formula is C11H14BrFO3. The first-order chi connectivity index (χ1) is 7.72. The van der Waals surface area contributed by atoms with E-state index in [4.69, 9.17) is 14.6 Å². The van der Waals surface area contributed by atoms with Crippen LogP contribution in [0.5, 0.6) is 11.5 Å². The van der Waals surface area contributed by atoms with Gasteiger partial charge in [0.25, 0.3) is 0 Å². The fraction of sp³-hybridized carbons (Fsp3) is 0.455. The Bertz CT molecular complexity index is 344. The quantitative estimate of drug-likeness (QED) is 0.820. The van der Waals surface area contributed by atoms with Crippen molar-refractivity contribution in [3.05, 3.63) is 22.2 Å². The normalized spacial score (nSPS) is 10.2. The Kier molecular flexibility index (Phi) is 5.55. The number of ether oxygens (including phenoxy) is 2. The van der Waals surface area contributed by atoms with Gasteiger partial charge in [-0.1, -0.05) is 0 Å². The van der Waals surface area contributed by atoms with Crippen LogP contribution in [0.1, 0.15) is 12.0 Å². The summed E-state index contributed by atoms with van der Waals surface area (Å²) in [6.45, 7) is -0.182. The highest BCUT2D eigenvalue weighted by atomic mass is 79.9.